The van der Waals surface area contributed by atoms with E-state index in [4.69, 9.17) is 0 Å². The SMILES string of the molecule is Cc1[nH]c(/C=C2\C(=O)Nc3ccc(F)cc32)c(C)c1C(=O)NCC(=O)NCC1CCCCC1. The third-order valence-electron chi connectivity index (χ3n) is 6.48. The number of carbonyl (C=O) groups excluding carboxylic acids is 3. The number of aromatic nitrogens is 1. The van der Waals surface area contributed by atoms with Gasteiger partial charge in [-0.15, -0.1) is 0 Å². The van der Waals surface area contributed by atoms with Crippen LogP contribution in [-0.2, 0) is 9.59 Å². The molecule has 4 N–H and O–H groups in total. The molecule has 0 spiro atoms. The largest absolute Gasteiger partial charge is 0.358 e. The summed E-state index contributed by atoms with van der Waals surface area (Å²) in [4.78, 5) is 40.5. The molecule has 1 aromatic carbocycles. The number of hydrogen-bond acceptors (Lipinski definition) is 3. The summed E-state index contributed by atoms with van der Waals surface area (Å²) in [7, 11) is 0. The lowest BCUT2D eigenvalue weighted by molar-refractivity contribution is -0.120. The minimum atomic E-state index is -0.433. The molecule has 1 aliphatic heterocycles. The molecular weight excluding hydrogens is 423 g/mol. The smallest absolute Gasteiger partial charge is 0.256 e. The lowest BCUT2D eigenvalue weighted by atomic mass is 9.89. The number of H-pyrrole nitrogens is 1. The summed E-state index contributed by atoms with van der Waals surface area (Å²) in [6.07, 6.45) is 7.59. The van der Waals surface area contributed by atoms with Gasteiger partial charge in [0.05, 0.1) is 17.7 Å². The Labute approximate surface area is 192 Å². The van der Waals surface area contributed by atoms with Crippen molar-refractivity contribution < 1.29 is 18.8 Å². The van der Waals surface area contributed by atoms with Crippen LogP contribution in [0.3, 0.4) is 0 Å². The first-order chi connectivity index (χ1) is 15.8. The van der Waals surface area contributed by atoms with E-state index >= 15 is 0 Å². The molecule has 3 amide bonds. The van der Waals surface area contributed by atoms with Crippen LogP contribution in [0.2, 0.25) is 0 Å². The maximum atomic E-state index is 13.7. The van der Waals surface area contributed by atoms with Crippen molar-refractivity contribution in [3.63, 3.8) is 0 Å². The van der Waals surface area contributed by atoms with Gasteiger partial charge in [0.1, 0.15) is 5.82 Å². The van der Waals surface area contributed by atoms with E-state index in [9.17, 15) is 18.8 Å². The number of nitrogens with one attached hydrogen (secondary N) is 4. The van der Waals surface area contributed by atoms with Crippen molar-refractivity contribution in [1.82, 2.24) is 15.6 Å². The molecule has 33 heavy (non-hydrogen) atoms. The third-order valence-corrected chi connectivity index (χ3v) is 6.48. The molecule has 0 radical (unpaired) electrons. The van der Waals surface area contributed by atoms with Gasteiger partial charge in [0.15, 0.2) is 0 Å². The predicted molar refractivity (Wildman–Crippen MR) is 125 cm³/mol. The maximum absolute atomic E-state index is 13.7. The summed E-state index contributed by atoms with van der Waals surface area (Å²) >= 11 is 0. The van der Waals surface area contributed by atoms with Gasteiger partial charge in [-0.3, -0.25) is 14.4 Å². The van der Waals surface area contributed by atoms with Crippen molar-refractivity contribution in [3.8, 4) is 0 Å². The number of anilines is 1. The van der Waals surface area contributed by atoms with E-state index in [1.165, 1.54) is 37.5 Å². The van der Waals surface area contributed by atoms with Crippen LogP contribution in [0.25, 0.3) is 11.6 Å². The molecule has 7 nitrogen and oxygen atoms in total. The van der Waals surface area contributed by atoms with Crippen LogP contribution in [0.15, 0.2) is 18.2 Å². The highest BCUT2D eigenvalue weighted by Gasteiger charge is 2.26. The summed E-state index contributed by atoms with van der Waals surface area (Å²) in [5, 5.41) is 8.32. The minimum absolute atomic E-state index is 0.0961. The molecule has 1 saturated carbocycles. The van der Waals surface area contributed by atoms with Crippen molar-refractivity contribution in [3.05, 3.63) is 52.1 Å². The summed E-state index contributed by atoms with van der Waals surface area (Å²) in [5.41, 5.74) is 3.64. The fourth-order valence-corrected chi connectivity index (χ4v) is 4.67. The molecular formula is C25H29FN4O3. The number of hydrogen-bond donors (Lipinski definition) is 4. The number of aryl methyl sites for hydroxylation is 1. The van der Waals surface area contributed by atoms with E-state index in [1.54, 1.807) is 19.9 Å². The van der Waals surface area contributed by atoms with Crippen LogP contribution in [-0.4, -0.2) is 35.8 Å². The molecule has 1 fully saturated rings. The van der Waals surface area contributed by atoms with Crippen LogP contribution in [0.1, 0.15) is 65.0 Å². The topological polar surface area (TPSA) is 103 Å². The summed E-state index contributed by atoms with van der Waals surface area (Å²) in [6.45, 7) is 4.09. The number of halogens is 1. The summed E-state index contributed by atoms with van der Waals surface area (Å²) in [6, 6.07) is 4.12. The second-order valence-corrected chi connectivity index (χ2v) is 8.86. The first-order valence-electron chi connectivity index (χ1n) is 11.4. The summed E-state index contributed by atoms with van der Waals surface area (Å²) < 4.78 is 13.7. The Morgan fingerprint density at radius 3 is 2.67 bits per heavy atom. The normalized spacial score (nSPS) is 17.1. The minimum Gasteiger partial charge on any atom is -0.358 e. The second-order valence-electron chi connectivity index (χ2n) is 8.86. The molecule has 174 valence electrons. The molecule has 4 rings (SSSR count). The number of rotatable bonds is 6. The van der Waals surface area contributed by atoms with Crippen molar-refractivity contribution in [2.75, 3.05) is 18.4 Å². The van der Waals surface area contributed by atoms with Gasteiger partial charge in [0, 0.05) is 29.2 Å². The Morgan fingerprint density at radius 1 is 1.15 bits per heavy atom. The fraction of sp³-hybridized carbons (Fsp3) is 0.400. The van der Waals surface area contributed by atoms with E-state index in [2.05, 4.69) is 20.9 Å². The van der Waals surface area contributed by atoms with Crippen LogP contribution < -0.4 is 16.0 Å². The van der Waals surface area contributed by atoms with Crippen molar-refractivity contribution in [1.29, 1.82) is 0 Å². The number of benzene rings is 1. The van der Waals surface area contributed by atoms with E-state index in [0.29, 0.717) is 51.8 Å². The zero-order valence-electron chi connectivity index (χ0n) is 18.9. The molecule has 8 heteroatoms. The average Bonchev–Trinajstić information content (AvgIpc) is 3.26. The Morgan fingerprint density at radius 2 is 1.91 bits per heavy atom. The lowest BCUT2D eigenvalue weighted by Crippen LogP contribution is -2.39. The van der Waals surface area contributed by atoms with Gasteiger partial charge in [-0.2, -0.15) is 0 Å². The molecule has 1 aliphatic carbocycles. The third kappa shape index (κ3) is 4.99. The quantitative estimate of drug-likeness (QED) is 0.503. The van der Waals surface area contributed by atoms with E-state index in [-0.39, 0.29) is 24.3 Å². The number of aromatic amines is 1. The van der Waals surface area contributed by atoms with Gasteiger partial charge in [-0.25, -0.2) is 4.39 Å². The standard InChI is InChI=1S/C25H29FN4O3/c1-14-21(11-19-18-10-17(26)8-9-20(18)30-24(19)32)29-15(2)23(14)25(33)28-13-22(31)27-12-16-6-4-3-5-7-16/h8-11,16,29H,3-7,12-13H2,1-2H3,(H,27,31)(H,28,33)(H,30,32)/b19-11-. The summed E-state index contributed by atoms with van der Waals surface area (Å²) in [5.74, 6) is -0.806. The fourth-order valence-electron chi connectivity index (χ4n) is 4.67. The van der Waals surface area contributed by atoms with Crippen molar-refractivity contribution >= 4 is 35.1 Å². The molecule has 0 bridgehead atoms. The molecule has 1 aromatic heterocycles. The maximum Gasteiger partial charge on any atom is 0.256 e. The average molecular weight is 453 g/mol. The van der Waals surface area contributed by atoms with Gasteiger partial charge in [-0.1, -0.05) is 19.3 Å². The van der Waals surface area contributed by atoms with Crippen LogP contribution >= 0.6 is 0 Å². The monoisotopic (exact) mass is 452 g/mol. The van der Waals surface area contributed by atoms with Crippen molar-refractivity contribution in [2.45, 2.75) is 46.0 Å². The molecule has 2 aromatic rings. The lowest BCUT2D eigenvalue weighted by Gasteiger charge is -2.21. The predicted octanol–water partition coefficient (Wildman–Crippen LogP) is 3.69. The van der Waals surface area contributed by atoms with E-state index in [1.807, 2.05) is 0 Å². The zero-order chi connectivity index (χ0) is 23.5. The van der Waals surface area contributed by atoms with E-state index < -0.39 is 5.82 Å². The van der Waals surface area contributed by atoms with Crippen LogP contribution in [0.4, 0.5) is 10.1 Å². The van der Waals surface area contributed by atoms with E-state index in [0.717, 1.165) is 12.8 Å². The molecule has 0 saturated heterocycles. The van der Waals surface area contributed by atoms with Crippen molar-refractivity contribution in [2.24, 2.45) is 5.92 Å². The Hall–Kier alpha value is -3.42. The van der Waals surface area contributed by atoms with Gasteiger partial charge >= 0.3 is 0 Å². The van der Waals surface area contributed by atoms with Gasteiger partial charge < -0.3 is 20.9 Å². The number of carbonyl (C=O) groups is 3. The highest BCUT2D eigenvalue weighted by molar-refractivity contribution is 6.34. The zero-order valence-corrected chi connectivity index (χ0v) is 18.9. The highest BCUT2D eigenvalue weighted by atomic mass is 19.1. The Bertz CT molecular complexity index is 1130. The molecule has 2 aliphatic rings. The van der Waals surface area contributed by atoms with Gasteiger partial charge in [-0.05, 0) is 62.4 Å². The van der Waals surface area contributed by atoms with Crippen LogP contribution in [0, 0.1) is 25.6 Å². The molecule has 0 atom stereocenters. The molecule has 2 heterocycles. The highest BCUT2D eigenvalue weighted by Crippen LogP contribution is 2.34. The molecule has 0 unspecified atom stereocenters. The second kappa shape index (κ2) is 9.60. The number of amides is 3. The first-order valence-corrected chi connectivity index (χ1v) is 11.4. The number of fused-ring (bicyclic) bond motifs is 1. The first kappa shape index (κ1) is 22.8. The Kier molecular flexibility index (Phi) is 6.62. The Balaban J connectivity index is 1.43. The van der Waals surface area contributed by atoms with Crippen LogP contribution in [0.5, 0.6) is 0 Å². The van der Waals surface area contributed by atoms with Gasteiger partial charge in [0.2, 0.25) is 5.91 Å². The van der Waals surface area contributed by atoms with Gasteiger partial charge in [0.25, 0.3) is 11.8 Å².